The summed E-state index contributed by atoms with van der Waals surface area (Å²) in [4.78, 5) is 3.92. The Morgan fingerprint density at radius 2 is 2.43 bits per heavy atom. The molecular weight excluding hydrogens is 176 g/mol. The normalized spacial score (nSPS) is 16.7. The summed E-state index contributed by atoms with van der Waals surface area (Å²) in [6.07, 6.45) is 3.08. The van der Waals surface area contributed by atoms with Gasteiger partial charge in [0, 0.05) is 18.0 Å². The van der Waals surface area contributed by atoms with Gasteiger partial charge in [-0.3, -0.25) is 4.98 Å². The van der Waals surface area contributed by atoms with E-state index in [1.807, 2.05) is 6.92 Å². The van der Waals surface area contributed by atoms with Crippen molar-refractivity contribution < 1.29 is 5.11 Å². The first-order chi connectivity index (χ1) is 6.64. The molecule has 1 heterocycles. The Hall–Kier alpha value is -1.40. The van der Waals surface area contributed by atoms with Crippen LogP contribution in [0.4, 0.5) is 0 Å². The van der Waals surface area contributed by atoms with Crippen LogP contribution in [-0.2, 0) is 0 Å². The van der Waals surface area contributed by atoms with Crippen LogP contribution in [0.25, 0.3) is 0 Å². The quantitative estimate of drug-likeness (QED) is 0.793. The first-order valence-corrected chi connectivity index (χ1v) is 4.63. The van der Waals surface area contributed by atoms with Crippen molar-refractivity contribution in [2.75, 3.05) is 0 Å². The molecule has 0 aliphatic heterocycles. The zero-order valence-corrected chi connectivity index (χ0v) is 8.44. The van der Waals surface area contributed by atoms with Crippen LogP contribution in [0, 0.1) is 16.7 Å². The van der Waals surface area contributed by atoms with Gasteiger partial charge in [0.1, 0.15) is 0 Å². The monoisotopic (exact) mass is 190 g/mol. The average Bonchev–Trinajstić information content (AvgIpc) is 2.28. The molecule has 1 rings (SSSR count). The lowest BCUT2D eigenvalue weighted by Gasteiger charge is -2.26. The molecule has 0 aromatic carbocycles. The lowest BCUT2D eigenvalue weighted by molar-refractivity contribution is 0.0719. The van der Waals surface area contributed by atoms with Crippen molar-refractivity contribution in [3.63, 3.8) is 0 Å². The Morgan fingerprint density at radius 3 is 2.86 bits per heavy atom. The Labute approximate surface area is 84.0 Å². The Kier molecular flexibility index (Phi) is 3.21. The second-order valence-corrected chi connectivity index (χ2v) is 3.57. The van der Waals surface area contributed by atoms with Gasteiger partial charge in [-0.15, -0.1) is 0 Å². The number of nitrogens with zero attached hydrogens (tertiary/aromatic N) is 2. The van der Waals surface area contributed by atoms with Crippen LogP contribution in [0.15, 0.2) is 24.5 Å². The fraction of sp³-hybridized carbons (Fsp3) is 0.455. The summed E-state index contributed by atoms with van der Waals surface area (Å²) in [5.41, 5.74) is -0.0401. The van der Waals surface area contributed by atoms with Crippen molar-refractivity contribution >= 4 is 0 Å². The molecule has 74 valence electrons. The minimum Gasteiger partial charge on any atom is -0.387 e. The van der Waals surface area contributed by atoms with Gasteiger partial charge in [0.05, 0.1) is 17.6 Å². The molecule has 0 aliphatic carbocycles. The first kappa shape index (κ1) is 10.7. The van der Waals surface area contributed by atoms with Gasteiger partial charge in [0.15, 0.2) is 0 Å². The zero-order chi connectivity index (χ0) is 10.6. The highest BCUT2D eigenvalue weighted by Gasteiger charge is 2.32. The van der Waals surface area contributed by atoms with Gasteiger partial charge < -0.3 is 5.11 Å². The van der Waals surface area contributed by atoms with E-state index in [0.717, 1.165) is 0 Å². The van der Waals surface area contributed by atoms with Crippen LogP contribution >= 0.6 is 0 Å². The fourth-order valence-electron chi connectivity index (χ4n) is 1.24. The summed E-state index contributed by atoms with van der Waals surface area (Å²) < 4.78 is 0. The highest BCUT2D eigenvalue weighted by atomic mass is 16.3. The van der Waals surface area contributed by atoms with Gasteiger partial charge in [0.2, 0.25) is 0 Å². The Balaban J connectivity index is 2.96. The summed E-state index contributed by atoms with van der Waals surface area (Å²) in [5, 5.41) is 19.0. The average molecular weight is 190 g/mol. The van der Waals surface area contributed by atoms with Crippen LogP contribution < -0.4 is 0 Å². The Bertz CT molecular complexity index is 331. The number of nitriles is 1. The van der Waals surface area contributed by atoms with Gasteiger partial charge in [-0.05, 0) is 19.4 Å². The van der Waals surface area contributed by atoms with Crippen molar-refractivity contribution in [3.05, 3.63) is 30.1 Å². The smallest absolute Gasteiger partial charge is 0.0988 e. The third kappa shape index (κ3) is 1.91. The highest BCUT2D eigenvalue weighted by molar-refractivity contribution is 5.18. The van der Waals surface area contributed by atoms with Gasteiger partial charge in [-0.1, -0.05) is 13.0 Å². The molecule has 2 atom stereocenters. The maximum absolute atomic E-state index is 9.98. The standard InChI is InChI=1S/C11H14N2O/c1-3-11(2,8-12)10(14)9-5-4-6-13-7-9/h4-7,10,14H,3H2,1-2H3. The van der Waals surface area contributed by atoms with E-state index in [2.05, 4.69) is 11.1 Å². The minimum absolute atomic E-state index is 0.611. The molecule has 1 aromatic heterocycles. The molecule has 0 saturated heterocycles. The minimum atomic E-state index is -0.772. The number of aromatic nitrogens is 1. The molecule has 1 aromatic rings. The third-order valence-corrected chi connectivity index (χ3v) is 2.59. The number of hydrogen-bond donors (Lipinski definition) is 1. The molecule has 0 saturated carbocycles. The molecule has 1 N–H and O–H groups in total. The summed E-state index contributed by atoms with van der Waals surface area (Å²) in [5.74, 6) is 0. The van der Waals surface area contributed by atoms with Crippen LogP contribution in [0.1, 0.15) is 31.9 Å². The molecule has 0 spiro atoms. The maximum atomic E-state index is 9.98. The SMILES string of the molecule is CCC(C)(C#N)C(O)c1cccnc1. The fourth-order valence-corrected chi connectivity index (χ4v) is 1.24. The molecule has 0 fully saturated rings. The van der Waals surface area contributed by atoms with Crippen LogP contribution in [0.5, 0.6) is 0 Å². The third-order valence-electron chi connectivity index (χ3n) is 2.59. The molecule has 0 bridgehead atoms. The largest absolute Gasteiger partial charge is 0.387 e. The van der Waals surface area contributed by atoms with Crippen molar-refractivity contribution in [1.82, 2.24) is 4.98 Å². The molecule has 0 amide bonds. The lowest BCUT2D eigenvalue weighted by atomic mass is 9.80. The second kappa shape index (κ2) is 4.21. The topological polar surface area (TPSA) is 56.9 Å². The van der Waals surface area contributed by atoms with E-state index >= 15 is 0 Å². The summed E-state index contributed by atoms with van der Waals surface area (Å²) >= 11 is 0. The van der Waals surface area contributed by atoms with Crippen LogP contribution in [0.2, 0.25) is 0 Å². The second-order valence-electron chi connectivity index (χ2n) is 3.57. The summed E-state index contributed by atoms with van der Waals surface area (Å²) in [7, 11) is 0. The number of rotatable bonds is 3. The van der Waals surface area contributed by atoms with E-state index in [9.17, 15) is 5.11 Å². The number of aliphatic hydroxyl groups excluding tert-OH is 1. The zero-order valence-electron chi connectivity index (χ0n) is 8.44. The molecule has 14 heavy (non-hydrogen) atoms. The summed E-state index contributed by atoms with van der Waals surface area (Å²) in [6, 6.07) is 5.69. The Morgan fingerprint density at radius 1 is 1.71 bits per heavy atom. The summed E-state index contributed by atoms with van der Waals surface area (Å²) in [6.45, 7) is 3.65. The van der Waals surface area contributed by atoms with E-state index < -0.39 is 11.5 Å². The van der Waals surface area contributed by atoms with E-state index in [-0.39, 0.29) is 0 Å². The van der Waals surface area contributed by atoms with Crippen molar-refractivity contribution in [2.24, 2.45) is 5.41 Å². The lowest BCUT2D eigenvalue weighted by Crippen LogP contribution is -2.22. The predicted molar refractivity (Wildman–Crippen MR) is 53.2 cm³/mol. The van der Waals surface area contributed by atoms with Crippen molar-refractivity contribution in [3.8, 4) is 6.07 Å². The van der Waals surface area contributed by atoms with E-state index in [1.54, 1.807) is 31.5 Å². The number of hydrogen-bond acceptors (Lipinski definition) is 3. The van der Waals surface area contributed by atoms with Crippen molar-refractivity contribution in [1.29, 1.82) is 5.26 Å². The van der Waals surface area contributed by atoms with Gasteiger partial charge in [-0.25, -0.2) is 0 Å². The molecule has 0 aliphatic rings. The van der Waals surface area contributed by atoms with E-state index in [1.165, 1.54) is 0 Å². The van der Waals surface area contributed by atoms with Gasteiger partial charge in [0.25, 0.3) is 0 Å². The molecular formula is C11H14N2O. The predicted octanol–water partition coefficient (Wildman–Crippen LogP) is 2.05. The van der Waals surface area contributed by atoms with E-state index in [0.29, 0.717) is 12.0 Å². The van der Waals surface area contributed by atoms with Crippen LogP contribution in [-0.4, -0.2) is 10.1 Å². The number of pyridine rings is 1. The van der Waals surface area contributed by atoms with Gasteiger partial charge >= 0.3 is 0 Å². The maximum Gasteiger partial charge on any atom is 0.0988 e. The molecule has 3 heteroatoms. The van der Waals surface area contributed by atoms with E-state index in [4.69, 9.17) is 5.26 Å². The molecule has 0 radical (unpaired) electrons. The van der Waals surface area contributed by atoms with Gasteiger partial charge in [-0.2, -0.15) is 5.26 Å². The van der Waals surface area contributed by atoms with Crippen molar-refractivity contribution in [2.45, 2.75) is 26.4 Å². The van der Waals surface area contributed by atoms with Crippen LogP contribution in [0.3, 0.4) is 0 Å². The number of aliphatic hydroxyl groups is 1. The molecule has 2 unspecified atom stereocenters. The first-order valence-electron chi connectivity index (χ1n) is 4.63. The highest BCUT2D eigenvalue weighted by Crippen LogP contribution is 2.35. The molecule has 3 nitrogen and oxygen atoms in total.